The molecule has 0 amide bonds. The van der Waals surface area contributed by atoms with Crippen LogP contribution in [0.25, 0.3) is 0 Å². The fourth-order valence-electron chi connectivity index (χ4n) is 0.636. The molecule has 0 atom stereocenters. The molecule has 10 heavy (non-hydrogen) atoms. The molecule has 0 aliphatic carbocycles. The van der Waals surface area contributed by atoms with Crippen LogP contribution in [0.1, 0.15) is 6.42 Å². The number of halogens is 1. The Morgan fingerprint density at radius 2 is 1.10 bits per heavy atom. The Bertz CT molecular complexity index is 56.6. The molecule has 0 aromatic carbocycles. The van der Waals surface area contributed by atoms with Gasteiger partial charge in [-0.2, -0.15) is 0 Å². The van der Waals surface area contributed by atoms with E-state index in [1.54, 1.807) is 0 Å². The predicted octanol–water partition coefficient (Wildman–Crippen LogP) is -1.86. The topological polar surface area (TPSA) is 0 Å². The summed E-state index contributed by atoms with van der Waals surface area (Å²) in [7, 11) is 1.34. The number of hydrogen-bond acceptors (Lipinski definition) is 0. The molecule has 3 heteroatoms. The van der Waals surface area contributed by atoms with E-state index in [-0.39, 0.29) is 24.0 Å². The Morgan fingerprint density at radius 3 is 1.30 bits per heavy atom. The molecule has 0 rings (SSSR count). The smallest absolute Gasteiger partial charge is 0.112 e. The molecule has 0 spiro atoms. The van der Waals surface area contributed by atoms with Crippen molar-refractivity contribution in [3.8, 4) is 0 Å². The lowest BCUT2D eigenvalue weighted by atomic mass is 10.6. The zero-order chi connectivity index (χ0) is 7.28. The van der Waals surface area contributed by atoms with Crippen molar-refractivity contribution < 1.29 is 24.0 Å². The van der Waals surface area contributed by atoms with Crippen molar-refractivity contribution >= 4 is 21.8 Å². The van der Waals surface area contributed by atoms with Gasteiger partial charge in [-0.1, -0.05) is 0 Å². The molecule has 64 valence electrons. The van der Waals surface area contributed by atoms with E-state index >= 15 is 0 Å². The van der Waals surface area contributed by atoms with Crippen molar-refractivity contribution in [3.05, 3.63) is 0 Å². The summed E-state index contributed by atoms with van der Waals surface area (Å²) >= 11 is 0. The van der Waals surface area contributed by atoms with Crippen molar-refractivity contribution in [3.63, 3.8) is 0 Å². The van der Waals surface area contributed by atoms with Crippen LogP contribution in [-0.2, 0) is 21.8 Å². The van der Waals surface area contributed by atoms with Crippen molar-refractivity contribution in [2.24, 2.45) is 0 Å². The van der Waals surface area contributed by atoms with Gasteiger partial charge in [0.15, 0.2) is 0 Å². The highest BCUT2D eigenvalue weighted by molar-refractivity contribution is 7.96. The second-order valence-electron chi connectivity index (χ2n) is 2.73. The normalized spacial score (nSPS) is 10.2. The summed E-state index contributed by atoms with van der Waals surface area (Å²) in [5.74, 6) is 2.87. The maximum atomic E-state index is 2.32. The minimum absolute atomic E-state index is 0. The molecule has 0 saturated heterocycles. The van der Waals surface area contributed by atoms with E-state index in [1.165, 1.54) is 17.9 Å². The summed E-state index contributed by atoms with van der Waals surface area (Å²) in [5, 5.41) is 0. The molecule has 0 bridgehead atoms. The first-order chi connectivity index (χ1) is 4.13. The van der Waals surface area contributed by atoms with Crippen LogP contribution in [0, 0.1) is 0 Å². The highest BCUT2D eigenvalue weighted by atomic mass is 127. The van der Waals surface area contributed by atoms with Crippen LogP contribution in [0.5, 0.6) is 0 Å². The van der Waals surface area contributed by atoms with Crippen molar-refractivity contribution in [1.29, 1.82) is 0 Å². The van der Waals surface area contributed by atoms with E-state index < -0.39 is 0 Å². The van der Waals surface area contributed by atoms with E-state index in [0.29, 0.717) is 21.8 Å². The Kier molecular flexibility index (Phi) is 11.9. The fraction of sp³-hybridized carbons (Fsp3) is 1.00. The third-order valence-corrected chi connectivity index (χ3v) is 3.32. The minimum Gasteiger partial charge on any atom is -1.00 e. The van der Waals surface area contributed by atoms with Gasteiger partial charge in [-0.15, -0.1) is 0 Å². The molecule has 0 fully saturated rings. The van der Waals surface area contributed by atoms with E-state index in [1.807, 2.05) is 0 Å². The van der Waals surface area contributed by atoms with E-state index in [2.05, 4.69) is 25.0 Å². The lowest BCUT2D eigenvalue weighted by Crippen LogP contribution is -3.00. The highest BCUT2D eigenvalue weighted by Crippen LogP contribution is 1.93. The van der Waals surface area contributed by atoms with Crippen molar-refractivity contribution in [2.75, 3.05) is 36.5 Å². The summed E-state index contributed by atoms with van der Waals surface area (Å²) in [6, 6.07) is 0. The van der Waals surface area contributed by atoms with Crippen LogP contribution in [0.4, 0.5) is 0 Å². The molecule has 0 nitrogen and oxygen atoms in total. The summed E-state index contributed by atoms with van der Waals surface area (Å²) in [5.41, 5.74) is 0. The van der Waals surface area contributed by atoms with Crippen molar-refractivity contribution in [1.82, 2.24) is 0 Å². The van der Waals surface area contributed by atoms with Crippen LogP contribution in [0.3, 0.4) is 0 Å². The Hall–Kier alpha value is 1.43. The van der Waals surface area contributed by atoms with Gasteiger partial charge in [0, 0.05) is 6.42 Å². The predicted molar refractivity (Wildman–Crippen MR) is 52.8 cm³/mol. The second-order valence-corrected chi connectivity index (χ2v) is 7.49. The first-order valence-electron chi connectivity index (χ1n) is 3.21. The van der Waals surface area contributed by atoms with Crippen LogP contribution in [-0.4, -0.2) is 36.5 Å². The van der Waals surface area contributed by atoms with Gasteiger partial charge in [-0.3, -0.25) is 0 Å². The molecular formula is C7H18IS2+. The van der Waals surface area contributed by atoms with E-state index in [0.717, 1.165) is 0 Å². The maximum Gasteiger partial charge on any atom is 0.112 e. The Balaban J connectivity index is 0. The highest BCUT2D eigenvalue weighted by Gasteiger charge is 2.06. The molecule has 0 radical (unpaired) electrons. The molecule has 0 heterocycles. The molecule has 0 N–H and O–H groups in total. The first kappa shape index (κ1) is 14.0. The monoisotopic (exact) mass is 293 g/mol. The number of hydrogen-bond donors (Lipinski definition) is 0. The van der Waals surface area contributed by atoms with Gasteiger partial charge in [0.05, 0.1) is 25.0 Å². The zero-order valence-corrected chi connectivity index (χ0v) is 11.1. The lowest BCUT2D eigenvalue weighted by molar-refractivity contribution is -0.00000222. The van der Waals surface area contributed by atoms with Crippen LogP contribution in [0.15, 0.2) is 0 Å². The summed E-state index contributed by atoms with van der Waals surface area (Å²) in [6.07, 6.45) is 10.7. The van der Waals surface area contributed by atoms with Gasteiger partial charge in [-0.05, 0) is 21.8 Å². The summed E-state index contributed by atoms with van der Waals surface area (Å²) < 4.78 is 0. The average molecular weight is 293 g/mol. The van der Waals surface area contributed by atoms with Crippen LogP contribution in [0.2, 0.25) is 0 Å². The van der Waals surface area contributed by atoms with Crippen molar-refractivity contribution in [2.45, 2.75) is 6.42 Å². The molecule has 0 aromatic rings. The van der Waals surface area contributed by atoms with Gasteiger partial charge in [0.1, 0.15) is 11.5 Å². The molecule has 0 saturated carbocycles. The van der Waals surface area contributed by atoms with Crippen LogP contribution >= 0.6 is 0 Å². The molecule has 0 aliphatic heterocycles. The van der Waals surface area contributed by atoms with Gasteiger partial charge < -0.3 is 24.0 Å². The first-order valence-corrected chi connectivity index (χ1v) is 7.63. The minimum atomic E-state index is 0. The molecule has 0 unspecified atom stereocenters. The van der Waals surface area contributed by atoms with E-state index in [9.17, 15) is 0 Å². The van der Waals surface area contributed by atoms with Crippen LogP contribution < -0.4 is 24.0 Å². The third-order valence-electron chi connectivity index (χ3n) is 1.11. The van der Waals surface area contributed by atoms with Gasteiger partial charge >= 0.3 is 0 Å². The standard InChI is InChI=1S/C7H18S2.HI/c1-8(2)6-5-7-9(3)4;/h5-7H2,1-4H3;1H/q+2;/p-1. The quantitative estimate of drug-likeness (QED) is 0.421. The Labute approximate surface area is 88.3 Å². The van der Waals surface area contributed by atoms with E-state index in [4.69, 9.17) is 0 Å². The molecular weight excluding hydrogens is 275 g/mol. The maximum absolute atomic E-state index is 2.32. The van der Waals surface area contributed by atoms with Gasteiger partial charge in [-0.25, -0.2) is 0 Å². The largest absolute Gasteiger partial charge is 1.00 e. The second kappa shape index (κ2) is 8.53. The average Bonchev–Trinajstić information content (AvgIpc) is 1.63. The fourth-order valence-corrected chi connectivity index (χ4v) is 2.26. The van der Waals surface area contributed by atoms with Gasteiger partial charge in [0.25, 0.3) is 0 Å². The van der Waals surface area contributed by atoms with Gasteiger partial charge in [0.2, 0.25) is 0 Å². The zero-order valence-electron chi connectivity index (χ0n) is 7.32. The summed E-state index contributed by atoms with van der Waals surface area (Å²) in [6.45, 7) is 0. The lowest BCUT2D eigenvalue weighted by Gasteiger charge is -1.95. The third kappa shape index (κ3) is 12.1. The summed E-state index contributed by atoms with van der Waals surface area (Å²) in [4.78, 5) is 0. The molecule has 0 aromatic heterocycles. The Morgan fingerprint density at radius 1 is 0.800 bits per heavy atom. The SMILES string of the molecule is C[S+](C)CCC[S+](C)C.[I-]. The molecule has 0 aliphatic rings. The number of rotatable bonds is 4.